The molecule has 0 saturated carbocycles. The van der Waals surface area contributed by atoms with Crippen LogP contribution in [0.2, 0.25) is 0 Å². The predicted octanol–water partition coefficient (Wildman–Crippen LogP) is 3.94. The van der Waals surface area contributed by atoms with Gasteiger partial charge in [0.05, 0.1) is 11.3 Å². The van der Waals surface area contributed by atoms with Crippen molar-refractivity contribution in [2.75, 3.05) is 11.4 Å². The fourth-order valence-electron chi connectivity index (χ4n) is 1.81. The Morgan fingerprint density at radius 2 is 2.11 bits per heavy atom. The van der Waals surface area contributed by atoms with Gasteiger partial charge in [-0.25, -0.2) is 4.79 Å². The van der Waals surface area contributed by atoms with Crippen LogP contribution in [0.4, 0.5) is 5.69 Å². The normalized spacial score (nSPS) is 11.1. The van der Waals surface area contributed by atoms with E-state index in [-0.39, 0.29) is 11.1 Å². The Hall–Kier alpha value is -1.29. The summed E-state index contributed by atoms with van der Waals surface area (Å²) < 4.78 is 0.589. The number of rotatable bonds is 4. The topological polar surface area (TPSA) is 40.5 Å². The maximum atomic E-state index is 11.4. The van der Waals surface area contributed by atoms with Crippen molar-refractivity contribution < 1.29 is 9.90 Å². The van der Waals surface area contributed by atoms with E-state index in [1.54, 1.807) is 12.1 Å². The molecule has 0 unspecified atom stereocenters. The van der Waals surface area contributed by atoms with E-state index >= 15 is 0 Å². The summed E-state index contributed by atoms with van der Waals surface area (Å²) in [5, 5.41) is 9.35. The number of nitrogens with zero attached hydrogens (tertiary/aromatic N) is 1. The van der Waals surface area contributed by atoms with Crippen molar-refractivity contribution in [3.05, 3.63) is 40.9 Å². The molecular formula is C14H18BrNO2. The highest BCUT2D eigenvalue weighted by Gasteiger charge is 2.25. The molecule has 0 saturated heterocycles. The average Bonchev–Trinajstić information content (AvgIpc) is 2.23. The second-order valence-corrected chi connectivity index (χ2v) is 5.86. The molecule has 0 aliphatic carbocycles. The highest BCUT2D eigenvalue weighted by Crippen LogP contribution is 2.32. The van der Waals surface area contributed by atoms with Crippen LogP contribution in [-0.2, 0) is 0 Å². The second kappa shape index (κ2) is 5.57. The van der Waals surface area contributed by atoms with Gasteiger partial charge >= 0.3 is 5.97 Å². The number of aromatic carboxylic acids is 1. The van der Waals surface area contributed by atoms with Gasteiger partial charge in [-0.05, 0) is 48.8 Å². The summed E-state index contributed by atoms with van der Waals surface area (Å²) in [6.45, 7) is 10.5. The monoisotopic (exact) mass is 311 g/mol. The number of carboxylic acid groups (broad SMARTS) is 1. The zero-order valence-corrected chi connectivity index (χ0v) is 12.5. The third-order valence-electron chi connectivity index (χ3n) is 2.62. The number of anilines is 1. The molecule has 18 heavy (non-hydrogen) atoms. The van der Waals surface area contributed by atoms with Gasteiger partial charge in [0, 0.05) is 16.6 Å². The van der Waals surface area contributed by atoms with Crippen LogP contribution in [0.15, 0.2) is 35.3 Å². The number of hydrogen-bond donors (Lipinski definition) is 1. The molecule has 1 N–H and O–H groups in total. The van der Waals surface area contributed by atoms with Gasteiger partial charge in [0.15, 0.2) is 0 Å². The van der Waals surface area contributed by atoms with E-state index in [2.05, 4.69) is 22.5 Å². The molecule has 0 spiro atoms. The number of carboxylic acids is 1. The summed E-state index contributed by atoms with van der Waals surface area (Å²) in [6.07, 6.45) is 1.78. The average molecular weight is 312 g/mol. The Morgan fingerprint density at radius 1 is 1.50 bits per heavy atom. The van der Waals surface area contributed by atoms with E-state index in [9.17, 15) is 9.90 Å². The van der Waals surface area contributed by atoms with Gasteiger partial charge in [0.25, 0.3) is 0 Å². The van der Waals surface area contributed by atoms with Gasteiger partial charge in [0.2, 0.25) is 0 Å². The lowest BCUT2D eigenvalue weighted by atomic mass is 10.0. The Labute approximate surface area is 116 Å². The van der Waals surface area contributed by atoms with Crippen LogP contribution in [0, 0.1) is 0 Å². The molecule has 1 rings (SSSR count). The van der Waals surface area contributed by atoms with E-state index in [0.717, 1.165) is 0 Å². The van der Waals surface area contributed by atoms with Crippen molar-refractivity contribution in [2.24, 2.45) is 0 Å². The van der Waals surface area contributed by atoms with Crippen molar-refractivity contribution in [3.63, 3.8) is 0 Å². The smallest absolute Gasteiger partial charge is 0.338 e. The van der Waals surface area contributed by atoms with Gasteiger partial charge in [0.1, 0.15) is 0 Å². The first kappa shape index (κ1) is 14.8. The van der Waals surface area contributed by atoms with Gasteiger partial charge < -0.3 is 10.0 Å². The minimum absolute atomic E-state index is 0.181. The van der Waals surface area contributed by atoms with E-state index < -0.39 is 5.97 Å². The number of halogens is 1. The largest absolute Gasteiger partial charge is 0.478 e. The molecule has 0 atom stereocenters. The van der Waals surface area contributed by atoms with Crippen LogP contribution in [0.3, 0.4) is 0 Å². The summed E-state index contributed by atoms with van der Waals surface area (Å²) in [6, 6.07) is 5.40. The summed E-state index contributed by atoms with van der Waals surface area (Å²) in [4.78, 5) is 13.4. The van der Waals surface area contributed by atoms with Gasteiger partial charge in [-0.15, -0.1) is 6.58 Å². The highest BCUT2D eigenvalue weighted by molar-refractivity contribution is 9.10. The lowest BCUT2D eigenvalue weighted by Crippen LogP contribution is -2.42. The Kier molecular flexibility index (Phi) is 4.57. The Balaban J connectivity index is 3.41. The molecule has 98 valence electrons. The quantitative estimate of drug-likeness (QED) is 0.856. The van der Waals surface area contributed by atoms with E-state index in [0.29, 0.717) is 16.7 Å². The lowest BCUT2D eigenvalue weighted by molar-refractivity contribution is 0.0696. The third kappa shape index (κ3) is 3.13. The van der Waals surface area contributed by atoms with Crippen LogP contribution in [-0.4, -0.2) is 23.2 Å². The lowest BCUT2D eigenvalue weighted by Gasteiger charge is -2.38. The molecule has 0 fully saturated rings. The van der Waals surface area contributed by atoms with E-state index in [4.69, 9.17) is 0 Å². The summed E-state index contributed by atoms with van der Waals surface area (Å²) >= 11 is 3.30. The minimum atomic E-state index is -0.934. The first-order chi connectivity index (χ1) is 8.29. The maximum absolute atomic E-state index is 11.4. The first-order valence-corrected chi connectivity index (χ1v) is 6.48. The Morgan fingerprint density at radius 3 is 2.56 bits per heavy atom. The number of hydrogen-bond acceptors (Lipinski definition) is 2. The third-order valence-corrected chi connectivity index (χ3v) is 3.28. The van der Waals surface area contributed by atoms with Crippen LogP contribution < -0.4 is 4.90 Å². The molecule has 0 amide bonds. The zero-order chi connectivity index (χ0) is 13.9. The summed E-state index contributed by atoms with van der Waals surface area (Å²) in [5.74, 6) is -0.934. The molecule has 1 aromatic rings. The molecule has 3 nitrogen and oxygen atoms in total. The molecule has 0 aromatic heterocycles. The summed E-state index contributed by atoms with van der Waals surface area (Å²) in [5.41, 5.74) is 0.803. The van der Waals surface area contributed by atoms with Crippen molar-refractivity contribution in [2.45, 2.75) is 26.3 Å². The fraction of sp³-hybridized carbons (Fsp3) is 0.357. The Bertz CT molecular complexity index is 463. The number of benzene rings is 1. The van der Waals surface area contributed by atoms with E-state index in [1.807, 2.05) is 37.8 Å². The van der Waals surface area contributed by atoms with Crippen LogP contribution in [0.5, 0.6) is 0 Å². The molecule has 4 heteroatoms. The highest BCUT2D eigenvalue weighted by atomic mass is 79.9. The van der Waals surface area contributed by atoms with Gasteiger partial charge in [-0.3, -0.25) is 0 Å². The van der Waals surface area contributed by atoms with Crippen LogP contribution in [0.25, 0.3) is 0 Å². The van der Waals surface area contributed by atoms with Crippen molar-refractivity contribution in [1.29, 1.82) is 0 Å². The first-order valence-electron chi connectivity index (χ1n) is 5.69. The maximum Gasteiger partial charge on any atom is 0.338 e. The fourth-order valence-corrected chi connectivity index (χ4v) is 2.34. The molecular weight excluding hydrogens is 294 g/mol. The van der Waals surface area contributed by atoms with Gasteiger partial charge in [-0.2, -0.15) is 0 Å². The van der Waals surface area contributed by atoms with Crippen LogP contribution >= 0.6 is 15.9 Å². The molecule has 1 aromatic carbocycles. The van der Waals surface area contributed by atoms with Crippen LogP contribution in [0.1, 0.15) is 31.1 Å². The SMILES string of the molecule is C=CCN(c1cccc(Br)c1C(=O)O)C(C)(C)C. The van der Waals surface area contributed by atoms with E-state index in [1.165, 1.54) is 0 Å². The molecule has 0 aliphatic rings. The summed E-state index contributed by atoms with van der Waals surface area (Å²) in [7, 11) is 0. The van der Waals surface area contributed by atoms with Crippen molar-refractivity contribution in [3.8, 4) is 0 Å². The predicted molar refractivity (Wildman–Crippen MR) is 78.4 cm³/mol. The standard InChI is InChI=1S/C14H18BrNO2/c1-5-9-16(14(2,3)4)11-8-6-7-10(15)12(11)13(17)18/h5-8H,1,9H2,2-4H3,(H,17,18). The molecule has 0 bridgehead atoms. The minimum Gasteiger partial charge on any atom is -0.478 e. The molecule has 0 aliphatic heterocycles. The van der Waals surface area contributed by atoms with Crippen molar-refractivity contribution >= 4 is 27.6 Å². The zero-order valence-electron chi connectivity index (χ0n) is 10.9. The van der Waals surface area contributed by atoms with Gasteiger partial charge in [-0.1, -0.05) is 12.1 Å². The van der Waals surface area contributed by atoms with Crippen molar-refractivity contribution in [1.82, 2.24) is 0 Å². The molecule has 0 heterocycles. The number of carbonyl (C=O) groups is 1. The second-order valence-electron chi connectivity index (χ2n) is 5.01. The molecule has 0 radical (unpaired) electrons.